The van der Waals surface area contributed by atoms with E-state index in [0.717, 1.165) is 40.4 Å². The van der Waals surface area contributed by atoms with Crippen LogP contribution in [0.2, 0.25) is 0 Å². The van der Waals surface area contributed by atoms with Crippen molar-refractivity contribution < 1.29 is 19.0 Å². The SMILES string of the molecule is Cc1cccc(C)c1OCC(=O)NC(c1ccc2c(c1)OCCCO2)C(C)C. The first-order valence-electron chi connectivity index (χ1n) is 9.83. The van der Waals surface area contributed by atoms with E-state index >= 15 is 0 Å². The highest BCUT2D eigenvalue weighted by molar-refractivity contribution is 5.78. The van der Waals surface area contributed by atoms with Gasteiger partial charge in [0.25, 0.3) is 5.91 Å². The van der Waals surface area contributed by atoms with Crippen molar-refractivity contribution in [2.45, 2.75) is 40.2 Å². The molecule has 1 unspecified atom stereocenters. The van der Waals surface area contributed by atoms with E-state index in [2.05, 4.69) is 19.2 Å². The average Bonchev–Trinajstić information content (AvgIpc) is 2.90. The van der Waals surface area contributed by atoms with Gasteiger partial charge in [-0.3, -0.25) is 4.79 Å². The quantitative estimate of drug-likeness (QED) is 0.805. The van der Waals surface area contributed by atoms with Gasteiger partial charge in [-0.15, -0.1) is 0 Å². The second kappa shape index (κ2) is 9.00. The summed E-state index contributed by atoms with van der Waals surface area (Å²) in [5.74, 6) is 2.34. The van der Waals surface area contributed by atoms with Crippen LogP contribution in [0.3, 0.4) is 0 Å². The van der Waals surface area contributed by atoms with Crippen LogP contribution in [0.1, 0.15) is 43.0 Å². The lowest BCUT2D eigenvalue weighted by Gasteiger charge is -2.24. The molecular formula is C23H29NO4. The first-order valence-corrected chi connectivity index (χ1v) is 9.83. The van der Waals surface area contributed by atoms with Crippen LogP contribution in [0.4, 0.5) is 0 Å². The fraction of sp³-hybridized carbons (Fsp3) is 0.435. The number of carbonyl (C=O) groups excluding carboxylic acids is 1. The highest BCUT2D eigenvalue weighted by atomic mass is 16.5. The third-order valence-corrected chi connectivity index (χ3v) is 4.87. The summed E-state index contributed by atoms with van der Waals surface area (Å²) in [4.78, 5) is 12.6. The molecule has 0 aromatic heterocycles. The van der Waals surface area contributed by atoms with Gasteiger partial charge in [0.2, 0.25) is 0 Å². The molecule has 3 rings (SSSR count). The molecule has 1 atom stereocenters. The summed E-state index contributed by atoms with van der Waals surface area (Å²) in [6.45, 7) is 9.41. The highest BCUT2D eigenvalue weighted by Gasteiger charge is 2.21. The number of hydrogen-bond donors (Lipinski definition) is 1. The number of amides is 1. The smallest absolute Gasteiger partial charge is 0.258 e. The first-order chi connectivity index (χ1) is 13.5. The summed E-state index contributed by atoms with van der Waals surface area (Å²) < 4.78 is 17.3. The van der Waals surface area contributed by atoms with Crippen molar-refractivity contribution in [3.8, 4) is 17.2 Å². The van der Waals surface area contributed by atoms with Gasteiger partial charge in [-0.05, 0) is 48.6 Å². The van der Waals surface area contributed by atoms with Gasteiger partial charge >= 0.3 is 0 Å². The molecule has 0 fully saturated rings. The molecule has 1 N–H and O–H groups in total. The summed E-state index contributed by atoms with van der Waals surface area (Å²) in [7, 11) is 0. The van der Waals surface area contributed by atoms with E-state index in [-0.39, 0.29) is 24.5 Å². The van der Waals surface area contributed by atoms with E-state index in [0.29, 0.717) is 13.2 Å². The second-order valence-corrected chi connectivity index (χ2v) is 7.56. The van der Waals surface area contributed by atoms with Crippen LogP contribution in [-0.4, -0.2) is 25.7 Å². The molecule has 0 bridgehead atoms. The molecule has 5 nitrogen and oxygen atoms in total. The molecule has 150 valence electrons. The molecule has 0 saturated carbocycles. The zero-order valence-corrected chi connectivity index (χ0v) is 17.1. The largest absolute Gasteiger partial charge is 0.490 e. The van der Waals surface area contributed by atoms with Gasteiger partial charge in [0.05, 0.1) is 19.3 Å². The fourth-order valence-electron chi connectivity index (χ4n) is 3.39. The Bertz CT molecular complexity index is 811. The zero-order valence-electron chi connectivity index (χ0n) is 17.1. The van der Waals surface area contributed by atoms with Gasteiger partial charge in [-0.25, -0.2) is 0 Å². The number of fused-ring (bicyclic) bond motifs is 1. The lowest BCUT2D eigenvalue weighted by molar-refractivity contribution is -0.124. The van der Waals surface area contributed by atoms with Gasteiger partial charge in [0.1, 0.15) is 5.75 Å². The monoisotopic (exact) mass is 383 g/mol. The number of benzene rings is 2. The van der Waals surface area contributed by atoms with Crippen molar-refractivity contribution in [1.29, 1.82) is 0 Å². The van der Waals surface area contributed by atoms with Crippen molar-refractivity contribution in [2.75, 3.05) is 19.8 Å². The van der Waals surface area contributed by atoms with E-state index in [1.807, 2.05) is 50.2 Å². The number of aryl methyl sites for hydroxylation is 2. The number of ether oxygens (including phenoxy) is 3. The van der Waals surface area contributed by atoms with Gasteiger partial charge in [-0.2, -0.15) is 0 Å². The minimum atomic E-state index is -0.145. The Morgan fingerprint density at radius 3 is 2.43 bits per heavy atom. The minimum absolute atomic E-state index is 0.0144. The van der Waals surface area contributed by atoms with Crippen molar-refractivity contribution in [3.05, 3.63) is 53.1 Å². The molecule has 1 aliphatic heterocycles. The van der Waals surface area contributed by atoms with Crippen LogP contribution < -0.4 is 19.5 Å². The number of hydrogen-bond acceptors (Lipinski definition) is 4. The summed E-state index contributed by atoms with van der Waals surface area (Å²) in [5, 5.41) is 3.10. The zero-order chi connectivity index (χ0) is 20.1. The van der Waals surface area contributed by atoms with Gasteiger partial charge in [0, 0.05) is 6.42 Å². The van der Waals surface area contributed by atoms with E-state index < -0.39 is 0 Å². The summed E-state index contributed by atoms with van der Waals surface area (Å²) >= 11 is 0. The summed E-state index contributed by atoms with van der Waals surface area (Å²) in [6, 6.07) is 11.7. The van der Waals surface area contributed by atoms with Crippen LogP contribution in [0, 0.1) is 19.8 Å². The molecule has 0 aliphatic carbocycles. The van der Waals surface area contributed by atoms with Crippen molar-refractivity contribution in [1.82, 2.24) is 5.32 Å². The Morgan fingerprint density at radius 1 is 1.07 bits per heavy atom. The van der Waals surface area contributed by atoms with Crippen molar-refractivity contribution in [3.63, 3.8) is 0 Å². The second-order valence-electron chi connectivity index (χ2n) is 7.56. The molecular weight excluding hydrogens is 354 g/mol. The number of para-hydroxylation sites is 1. The average molecular weight is 383 g/mol. The molecule has 28 heavy (non-hydrogen) atoms. The maximum Gasteiger partial charge on any atom is 0.258 e. The normalized spacial score (nSPS) is 14.3. The molecule has 5 heteroatoms. The van der Waals surface area contributed by atoms with Crippen LogP contribution in [0.15, 0.2) is 36.4 Å². The Balaban J connectivity index is 1.69. The van der Waals surface area contributed by atoms with Gasteiger partial charge in [-0.1, -0.05) is 38.1 Å². The predicted octanol–water partition coefficient (Wildman–Crippen LogP) is 4.36. The summed E-state index contributed by atoms with van der Waals surface area (Å²) in [6.07, 6.45) is 0.865. The first kappa shape index (κ1) is 20.1. The number of rotatable bonds is 6. The number of nitrogens with one attached hydrogen (secondary N) is 1. The van der Waals surface area contributed by atoms with Gasteiger partial charge in [0.15, 0.2) is 18.1 Å². The molecule has 0 saturated heterocycles. The topological polar surface area (TPSA) is 56.8 Å². The van der Waals surface area contributed by atoms with Crippen LogP contribution in [-0.2, 0) is 4.79 Å². The molecule has 2 aromatic rings. The minimum Gasteiger partial charge on any atom is -0.490 e. The van der Waals surface area contributed by atoms with Crippen LogP contribution in [0.5, 0.6) is 17.2 Å². The Hall–Kier alpha value is -2.69. The molecule has 1 amide bonds. The van der Waals surface area contributed by atoms with E-state index in [9.17, 15) is 4.79 Å². The highest BCUT2D eigenvalue weighted by Crippen LogP contribution is 2.34. The lowest BCUT2D eigenvalue weighted by Crippen LogP contribution is -2.35. The van der Waals surface area contributed by atoms with E-state index in [1.54, 1.807) is 0 Å². The molecule has 1 aliphatic rings. The Morgan fingerprint density at radius 2 is 1.75 bits per heavy atom. The van der Waals surface area contributed by atoms with Gasteiger partial charge < -0.3 is 19.5 Å². The summed E-state index contributed by atoms with van der Waals surface area (Å²) in [5.41, 5.74) is 3.05. The molecule has 1 heterocycles. The van der Waals surface area contributed by atoms with Crippen LogP contribution in [0.25, 0.3) is 0 Å². The molecule has 0 radical (unpaired) electrons. The third-order valence-electron chi connectivity index (χ3n) is 4.87. The maximum atomic E-state index is 12.6. The van der Waals surface area contributed by atoms with E-state index in [1.165, 1.54) is 0 Å². The third kappa shape index (κ3) is 4.77. The van der Waals surface area contributed by atoms with Crippen molar-refractivity contribution in [2.24, 2.45) is 5.92 Å². The standard InChI is InChI=1S/C23H29NO4/c1-15(2)22(18-9-10-19-20(13-18)27-12-6-11-26-19)24-21(25)14-28-23-16(3)7-5-8-17(23)4/h5,7-10,13,15,22H,6,11-12,14H2,1-4H3,(H,24,25). The predicted molar refractivity (Wildman–Crippen MR) is 109 cm³/mol. The van der Waals surface area contributed by atoms with Crippen LogP contribution >= 0.6 is 0 Å². The lowest BCUT2D eigenvalue weighted by atomic mass is 9.95. The molecule has 0 spiro atoms. The fourth-order valence-corrected chi connectivity index (χ4v) is 3.39. The molecule has 2 aromatic carbocycles. The van der Waals surface area contributed by atoms with E-state index in [4.69, 9.17) is 14.2 Å². The maximum absolute atomic E-state index is 12.6. The Kier molecular flexibility index (Phi) is 6.45. The number of carbonyl (C=O) groups is 1. The van der Waals surface area contributed by atoms with Crippen molar-refractivity contribution >= 4 is 5.91 Å². The Labute approximate surface area is 167 Å².